The summed E-state index contributed by atoms with van der Waals surface area (Å²) in [7, 11) is 1.27. The van der Waals surface area contributed by atoms with Gasteiger partial charge in [-0.1, -0.05) is 30.0 Å². The van der Waals surface area contributed by atoms with Crippen LogP contribution in [0.1, 0.15) is 35.3 Å². The van der Waals surface area contributed by atoms with Crippen molar-refractivity contribution in [2.45, 2.75) is 38.4 Å². The monoisotopic (exact) mass is 389 g/mol. The number of H-pyrrole nitrogens is 1. The Labute approximate surface area is 161 Å². The summed E-state index contributed by atoms with van der Waals surface area (Å²) in [5, 5.41) is 3.22. The minimum atomic E-state index is -0.482. The molecule has 0 fully saturated rings. The molecule has 1 atom stereocenters. The zero-order valence-electron chi connectivity index (χ0n) is 15.8. The summed E-state index contributed by atoms with van der Waals surface area (Å²) >= 11 is 1.10. The number of aromatic nitrogens is 2. The molecule has 0 aliphatic rings. The van der Waals surface area contributed by atoms with Crippen LogP contribution >= 0.6 is 11.8 Å². The maximum Gasteiger partial charge on any atom is 0.311 e. The van der Waals surface area contributed by atoms with E-state index in [1.165, 1.54) is 24.3 Å². The third-order valence-corrected chi connectivity index (χ3v) is 4.95. The Balaban J connectivity index is 1.95. The lowest BCUT2D eigenvalue weighted by atomic mass is 10.0. The second-order valence-corrected chi connectivity index (χ2v) is 7.18. The number of carbonyl (C=O) groups excluding carboxylic acids is 2. The fourth-order valence-electron chi connectivity index (χ4n) is 2.40. The molecule has 144 valence electrons. The first-order valence-electron chi connectivity index (χ1n) is 8.45. The quantitative estimate of drug-likeness (QED) is 0.427. The van der Waals surface area contributed by atoms with E-state index in [9.17, 15) is 14.4 Å². The van der Waals surface area contributed by atoms with Gasteiger partial charge in [0.2, 0.25) is 5.91 Å². The minimum Gasteiger partial charge on any atom is -0.469 e. The molecule has 0 bridgehead atoms. The SMILES string of the molecule is COC(=O)Cc1cc(=O)[nH]c(SCC(=O)N[C@@H](C)c2ccc(C)c(C)c2)n1. The number of amides is 1. The van der Waals surface area contributed by atoms with Crippen molar-refractivity contribution in [2.24, 2.45) is 0 Å². The second kappa shape index (κ2) is 9.36. The lowest BCUT2D eigenvalue weighted by Gasteiger charge is -2.15. The van der Waals surface area contributed by atoms with Gasteiger partial charge in [-0.3, -0.25) is 14.4 Å². The number of methoxy groups -OCH3 is 1. The van der Waals surface area contributed by atoms with Crippen LogP contribution in [0.3, 0.4) is 0 Å². The Kier molecular flexibility index (Phi) is 7.18. The minimum absolute atomic E-state index is 0.0933. The van der Waals surface area contributed by atoms with Gasteiger partial charge in [0.05, 0.1) is 31.0 Å². The van der Waals surface area contributed by atoms with Gasteiger partial charge in [0, 0.05) is 6.07 Å². The first-order valence-corrected chi connectivity index (χ1v) is 9.43. The third-order valence-electron chi connectivity index (χ3n) is 4.07. The number of carbonyl (C=O) groups is 2. The van der Waals surface area contributed by atoms with E-state index >= 15 is 0 Å². The molecule has 1 aromatic carbocycles. The number of hydrogen-bond donors (Lipinski definition) is 2. The maximum atomic E-state index is 12.2. The van der Waals surface area contributed by atoms with Crippen LogP contribution in [-0.2, 0) is 20.7 Å². The summed E-state index contributed by atoms with van der Waals surface area (Å²) in [5.74, 6) is -0.560. The number of thioether (sulfide) groups is 1. The number of esters is 1. The van der Waals surface area contributed by atoms with Crippen LogP contribution in [0, 0.1) is 13.8 Å². The lowest BCUT2D eigenvalue weighted by Crippen LogP contribution is -2.28. The van der Waals surface area contributed by atoms with Crippen LogP contribution < -0.4 is 10.9 Å². The molecule has 0 saturated heterocycles. The Hall–Kier alpha value is -2.61. The number of ether oxygens (including phenoxy) is 1. The summed E-state index contributed by atoms with van der Waals surface area (Å²) in [5.41, 5.74) is 3.33. The van der Waals surface area contributed by atoms with E-state index in [4.69, 9.17) is 0 Å². The number of aryl methyl sites for hydroxylation is 2. The number of nitrogens with zero attached hydrogens (tertiary/aromatic N) is 1. The van der Waals surface area contributed by atoms with Gasteiger partial charge in [-0.25, -0.2) is 4.98 Å². The molecule has 2 N–H and O–H groups in total. The van der Waals surface area contributed by atoms with E-state index in [1.807, 2.05) is 32.9 Å². The number of hydrogen-bond acceptors (Lipinski definition) is 6. The molecule has 0 spiro atoms. The average Bonchev–Trinajstić information content (AvgIpc) is 2.61. The molecule has 1 heterocycles. The highest BCUT2D eigenvalue weighted by Gasteiger charge is 2.12. The Morgan fingerprint density at radius 1 is 1.26 bits per heavy atom. The van der Waals surface area contributed by atoms with Crippen molar-refractivity contribution in [3.63, 3.8) is 0 Å². The molecular formula is C19H23N3O4S. The molecule has 0 saturated carbocycles. The van der Waals surface area contributed by atoms with Crippen LogP contribution in [0.4, 0.5) is 0 Å². The summed E-state index contributed by atoms with van der Waals surface area (Å²) < 4.78 is 4.57. The maximum absolute atomic E-state index is 12.2. The van der Waals surface area contributed by atoms with Crippen molar-refractivity contribution in [1.29, 1.82) is 0 Å². The highest BCUT2D eigenvalue weighted by Crippen LogP contribution is 2.17. The van der Waals surface area contributed by atoms with Crippen LogP contribution in [0.2, 0.25) is 0 Å². The molecule has 7 nitrogen and oxygen atoms in total. The smallest absolute Gasteiger partial charge is 0.311 e. The summed E-state index contributed by atoms with van der Waals surface area (Å²) in [6.07, 6.45) is -0.0933. The Morgan fingerprint density at radius 2 is 2.00 bits per heavy atom. The summed E-state index contributed by atoms with van der Waals surface area (Å²) in [4.78, 5) is 42.0. The van der Waals surface area contributed by atoms with E-state index in [0.29, 0.717) is 5.69 Å². The molecule has 2 rings (SSSR count). The molecule has 0 radical (unpaired) electrons. The fraction of sp³-hybridized carbons (Fsp3) is 0.368. The summed E-state index contributed by atoms with van der Waals surface area (Å²) in [6.45, 7) is 6.00. The van der Waals surface area contributed by atoms with E-state index in [1.54, 1.807) is 0 Å². The van der Waals surface area contributed by atoms with Crippen LogP contribution in [0.15, 0.2) is 34.2 Å². The van der Waals surface area contributed by atoms with E-state index in [0.717, 1.165) is 17.3 Å². The predicted octanol–water partition coefficient (Wildman–Crippen LogP) is 2.07. The highest BCUT2D eigenvalue weighted by atomic mass is 32.2. The zero-order valence-corrected chi connectivity index (χ0v) is 16.6. The van der Waals surface area contributed by atoms with Crippen molar-refractivity contribution in [3.05, 3.63) is 57.0 Å². The second-order valence-electron chi connectivity index (χ2n) is 6.22. The normalized spacial score (nSPS) is 11.7. The number of nitrogens with one attached hydrogen (secondary N) is 2. The molecule has 8 heteroatoms. The topological polar surface area (TPSA) is 101 Å². The van der Waals surface area contributed by atoms with Crippen molar-refractivity contribution in [1.82, 2.24) is 15.3 Å². The van der Waals surface area contributed by atoms with Gasteiger partial charge in [0.15, 0.2) is 5.16 Å². The lowest BCUT2D eigenvalue weighted by molar-refractivity contribution is -0.139. The largest absolute Gasteiger partial charge is 0.469 e. The average molecular weight is 389 g/mol. The molecule has 27 heavy (non-hydrogen) atoms. The van der Waals surface area contributed by atoms with Gasteiger partial charge < -0.3 is 15.0 Å². The molecule has 0 unspecified atom stereocenters. The number of aromatic amines is 1. The Bertz CT molecular complexity index is 895. The van der Waals surface area contributed by atoms with Crippen molar-refractivity contribution in [2.75, 3.05) is 12.9 Å². The summed E-state index contributed by atoms with van der Waals surface area (Å²) in [6, 6.07) is 7.19. The van der Waals surface area contributed by atoms with Crippen LogP contribution in [-0.4, -0.2) is 34.7 Å². The molecule has 0 aliphatic carbocycles. The highest BCUT2D eigenvalue weighted by molar-refractivity contribution is 7.99. The molecule has 1 aromatic heterocycles. The van der Waals surface area contributed by atoms with Gasteiger partial charge >= 0.3 is 5.97 Å². The number of benzene rings is 1. The first-order chi connectivity index (χ1) is 12.8. The van der Waals surface area contributed by atoms with Gasteiger partial charge in [-0.05, 0) is 37.5 Å². The molecule has 0 aliphatic heterocycles. The van der Waals surface area contributed by atoms with Crippen LogP contribution in [0.25, 0.3) is 0 Å². The van der Waals surface area contributed by atoms with E-state index < -0.39 is 5.97 Å². The first kappa shape index (κ1) is 20.7. The molecular weight excluding hydrogens is 366 g/mol. The fourth-order valence-corrected chi connectivity index (χ4v) is 3.10. The molecule has 2 aromatic rings. The van der Waals surface area contributed by atoms with E-state index in [2.05, 4.69) is 26.1 Å². The standard InChI is InChI=1S/C19H23N3O4S/c1-11-5-6-14(7-12(11)2)13(3)20-17(24)10-27-19-21-15(8-16(23)22-19)9-18(25)26-4/h5-8,13H,9-10H2,1-4H3,(H,20,24)(H,21,22,23)/t13-/m0/s1. The van der Waals surface area contributed by atoms with Crippen LogP contribution in [0.5, 0.6) is 0 Å². The van der Waals surface area contributed by atoms with Gasteiger partial charge in [0.1, 0.15) is 0 Å². The van der Waals surface area contributed by atoms with Crippen molar-refractivity contribution < 1.29 is 14.3 Å². The predicted molar refractivity (Wildman–Crippen MR) is 104 cm³/mol. The van der Waals surface area contributed by atoms with E-state index in [-0.39, 0.29) is 34.8 Å². The third kappa shape index (κ3) is 6.25. The molecule has 1 amide bonds. The van der Waals surface area contributed by atoms with Gasteiger partial charge in [0.25, 0.3) is 5.56 Å². The number of rotatable bonds is 7. The van der Waals surface area contributed by atoms with Gasteiger partial charge in [-0.2, -0.15) is 0 Å². The zero-order chi connectivity index (χ0) is 20.0. The van der Waals surface area contributed by atoms with Gasteiger partial charge in [-0.15, -0.1) is 0 Å². The van der Waals surface area contributed by atoms with Crippen molar-refractivity contribution >= 4 is 23.6 Å². The Morgan fingerprint density at radius 3 is 2.67 bits per heavy atom. The van der Waals surface area contributed by atoms with Crippen molar-refractivity contribution in [3.8, 4) is 0 Å².